The summed E-state index contributed by atoms with van der Waals surface area (Å²) in [7, 11) is 0. The summed E-state index contributed by atoms with van der Waals surface area (Å²) in [4.78, 5) is 14.1. The number of likely N-dealkylation sites (tertiary alicyclic amines) is 1. The third-order valence-corrected chi connectivity index (χ3v) is 3.95. The van der Waals surface area contributed by atoms with Gasteiger partial charge in [-0.25, -0.2) is 0 Å². The summed E-state index contributed by atoms with van der Waals surface area (Å²) in [5.41, 5.74) is 6.70. The van der Waals surface area contributed by atoms with Crippen LogP contribution < -0.4 is 5.73 Å². The van der Waals surface area contributed by atoms with Crippen molar-refractivity contribution in [2.24, 2.45) is 5.73 Å². The maximum Gasteiger partial charge on any atom is 0.223 e. The van der Waals surface area contributed by atoms with E-state index >= 15 is 0 Å². The van der Waals surface area contributed by atoms with E-state index in [9.17, 15) is 4.79 Å². The maximum atomic E-state index is 12.1. The van der Waals surface area contributed by atoms with Gasteiger partial charge in [0.25, 0.3) is 0 Å². The lowest BCUT2D eigenvalue weighted by Crippen LogP contribution is -2.30. The first-order valence-electron chi connectivity index (χ1n) is 6.47. The Hall–Kier alpha value is -0.580. The first-order valence-corrected chi connectivity index (χ1v) is 7.26. The molecular weight excluding hydrogens is 328 g/mol. The van der Waals surface area contributed by atoms with Gasteiger partial charge in [0.2, 0.25) is 5.91 Å². The molecule has 1 aliphatic heterocycles. The molecular formula is C14H20BrClN2O. The molecule has 1 aliphatic rings. The number of nitrogens with two attached hydrogens (primary N) is 1. The molecule has 1 atom stereocenters. The summed E-state index contributed by atoms with van der Waals surface area (Å²) in [5, 5.41) is 0. The van der Waals surface area contributed by atoms with Crippen molar-refractivity contribution in [1.82, 2.24) is 4.90 Å². The van der Waals surface area contributed by atoms with Crippen LogP contribution in [0.4, 0.5) is 0 Å². The number of amides is 1. The van der Waals surface area contributed by atoms with E-state index in [1.54, 1.807) is 0 Å². The molecule has 2 N–H and O–H groups in total. The monoisotopic (exact) mass is 346 g/mol. The van der Waals surface area contributed by atoms with Crippen LogP contribution in [0.15, 0.2) is 28.7 Å². The molecule has 1 fully saturated rings. The van der Waals surface area contributed by atoms with Gasteiger partial charge in [0.15, 0.2) is 0 Å². The van der Waals surface area contributed by atoms with Crippen LogP contribution in [0, 0.1) is 0 Å². The number of benzene rings is 1. The van der Waals surface area contributed by atoms with E-state index in [1.165, 1.54) is 5.56 Å². The van der Waals surface area contributed by atoms with E-state index in [2.05, 4.69) is 28.1 Å². The van der Waals surface area contributed by atoms with Crippen molar-refractivity contribution in [3.63, 3.8) is 0 Å². The second-order valence-electron chi connectivity index (χ2n) is 4.69. The summed E-state index contributed by atoms with van der Waals surface area (Å²) < 4.78 is 1.07. The molecule has 3 nitrogen and oxygen atoms in total. The third-order valence-electron chi connectivity index (χ3n) is 3.42. The maximum absolute atomic E-state index is 12.1. The van der Waals surface area contributed by atoms with Crippen molar-refractivity contribution in [3.05, 3.63) is 34.3 Å². The highest BCUT2D eigenvalue weighted by Gasteiger charge is 2.29. The van der Waals surface area contributed by atoms with Crippen LogP contribution in [0.5, 0.6) is 0 Å². The van der Waals surface area contributed by atoms with Gasteiger partial charge < -0.3 is 10.6 Å². The molecule has 1 aromatic rings. The highest BCUT2D eigenvalue weighted by Crippen LogP contribution is 2.33. The fraction of sp³-hybridized carbons (Fsp3) is 0.500. The fourth-order valence-electron chi connectivity index (χ4n) is 2.49. The number of rotatable bonds is 4. The van der Waals surface area contributed by atoms with Gasteiger partial charge in [-0.15, -0.1) is 12.4 Å². The molecule has 0 saturated carbocycles. The van der Waals surface area contributed by atoms with Crippen LogP contribution in [-0.2, 0) is 4.79 Å². The average molecular weight is 348 g/mol. The molecule has 2 rings (SSSR count). The van der Waals surface area contributed by atoms with Gasteiger partial charge >= 0.3 is 0 Å². The zero-order valence-electron chi connectivity index (χ0n) is 10.8. The predicted octanol–water partition coefficient (Wildman–Crippen LogP) is 3.27. The second kappa shape index (κ2) is 7.88. The average Bonchev–Trinajstić information content (AvgIpc) is 2.86. The zero-order chi connectivity index (χ0) is 13.0. The Morgan fingerprint density at radius 3 is 2.68 bits per heavy atom. The summed E-state index contributed by atoms with van der Waals surface area (Å²) >= 11 is 3.44. The first-order chi connectivity index (χ1) is 8.72. The molecule has 0 bridgehead atoms. The minimum Gasteiger partial charge on any atom is -0.336 e. The van der Waals surface area contributed by atoms with Gasteiger partial charge in [-0.3, -0.25) is 4.79 Å². The number of nitrogens with zero attached hydrogens (tertiary/aromatic N) is 1. The number of hydrogen-bond donors (Lipinski definition) is 1. The highest BCUT2D eigenvalue weighted by atomic mass is 79.9. The summed E-state index contributed by atoms with van der Waals surface area (Å²) in [6, 6.07) is 8.53. The Morgan fingerprint density at radius 2 is 2.05 bits per heavy atom. The summed E-state index contributed by atoms with van der Waals surface area (Å²) in [6.07, 6.45) is 3.51. The third kappa shape index (κ3) is 4.20. The minimum atomic E-state index is 0. The fourth-order valence-corrected chi connectivity index (χ4v) is 2.76. The Morgan fingerprint density at radius 1 is 1.37 bits per heavy atom. The molecule has 0 spiro atoms. The summed E-state index contributed by atoms with van der Waals surface area (Å²) in [6.45, 7) is 1.46. The van der Waals surface area contributed by atoms with Gasteiger partial charge in [0, 0.05) is 17.4 Å². The normalized spacial score (nSPS) is 18.2. The van der Waals surface area contributed by atoms with Gasteiger partial charge in [0.1, 0.15) is 0 Å². The number of halogens is 2. The topological polar surface area (TPSA) is 46.3 Å². The second-order valence-corrected chi connectivity index (χ2v) is 5.60. The molecule has 1 amide bonds. The highest BCUT2D eigenvalue weighted by molar-refractivity contribution is 9.10. The summed E-state index contributed by atoms with van der Waals surface area (Å²) in [5.74, 6) is 0.242. The van der Waals surface area contributed by atoms with Crippen LogP contribution in [0.25, 0.3) is 0 Å². The number of carbonyl (C=O) groups is 1. The van der Waals surface area contributed by atoms with Crippen LogP contribution in [-0.4, -0.2) is 23.9 Å². The van der Waals surface area contributed by atoms with Crippen molar-refractivity contribution in [2.75, 3.05) is 13.1 Å². The smallest absolute Gasteiger partial charge is 0.223 e. The van der Waals surface area contributed by atoms with E-state index in [0.29, 0.717) is 13.0 Å². The quantitative estimate of drug-likeness (QED) is 0.908. The van der Waals surface area contributed by atoms with Crippen LogP contribution in [0.2, 0.25) is 0 Å². The Kier molecular flexibility index (Phi) is 6.83. The number of carbonyl (C=O) groups excluding carboxylic acids is 1. The van der Waals surface area contributed by atoms with Crippen molar-refractivity contribution in [2.45, 2.75) is 31.7 Å². The van der Waals surface area contributed by atoms with Gasteiger partial charge in [0.05, 0.1) is 6.04 Å². The predicted molar refractivity (Wildman–Crippen MR) is 83.4 cm³/mol. The largest absolute Gasteiger partial charge is 0.336 e. The molecule has 1 unspecified atom stereocenters. The van der Waals surface area contributed by atoms with Gasteiger partial charge in [-0.2, -0.15) is 0 Å². The molecule has 19 heavy (non-hydrogen) atoms. The molecule has 1 saturated heterocycles. The Bertz CT molecular complexity index is 410. The van der Waals surface area contributed by atoms with Gasteiger partial charge in [-0.05, 0) is 43.5 Å². The molecule has 5 heteroatoms. The van der Waals surface area contributed by atoms with Crippen molar-refractivity contribution in [1.29, 1.82) is 0 Å². The molecule has 0 aliphatic carbocycles. The molecule has 106 valence electrons. The van der Waals surface area contributed by atoms with Crippen molar-refractivity contribution >= 4 is 34.2 Å². The molecule has 1 heterocycles. The van der Waals surface area contributed by atoms with Crippen molar-refractivity contribution in [3.8, 4) is 0 Å². The minimum absolute atomic E-state index is 0. The lowest BCUT2D eigenvalue weighted by molar-refractivity contribution is -0.132. The van der Waals surface area contributed by atoms with Gasteiger partial charge in [-0.1, -0.05) is 28.1 Å². The van der Waals surface area contributed by atoms with E-state index in [0.717, 1.165) is 30.3 Å². The van der Waals surface area contributed by atoms with Crippen LogP contribution in [0.1, 0.15) is 37.3 Å². The van der Waals surface area contributed by atoms with Crippen LogP contribution >= 0.6 is 28.3 Å². The lowest BCUT2D eigenvalue weighted by atomic mass is 10.0. The van der Waals surface area contributed by atoms with E-state index in [-0.39, 0.29) is 24.4 Å². The standard InChI is InChI=1S/C14H19BrN2O.ClH/c15-12-7-5-11(6-8-12)13-3-2-10-17(13)14(18)4-1-9-16;/h5-8,13H,1-4,9-10,16H2;1H. The zero-order valence-corrected chi connectivity index (χ0v) is 13.3. The lowest BCUT2D eigenvalue weighted by Gasteiger charge is -2.25. The van der Waals surface area contributed by atoms with E-state index in [1.807, 2.05) is 17.0 Å². The Balaban J connectivity index is 0.00000180. The Labute approximate surface area is 129 Å². The number of hydrogen-bond acceptors (Lipinski definition) is 2. The molecule has 0 radical (unpaired) electrons. The first kappa shape index (κ1) is 16.5. The molecule has 1 aromatic carbocycles. The van der Waals surface area contributed by atoms with E-state index in [4.69, 9.17) is 5.73 Å². The van der Waals surface area contributed by atoms with Crippen molar-refractivity contribution < 1.29 is 4.79 Å². The SMILES string of the molecule is Cl.NCCCC(=O)N1CCCC1c1ccc(Br)cc1. The van der Waals surface area contributed by atoms with E-state index < -0.39 is 0 Å². The van der Waals surface area contributed by atoms with Crippen LogP contribution in [0.3, 0.4) is 0 Å². The molecule has 0 aromatic heterocycles.